The first-order valence-corrected chi connectivity index (χ1v) is 29.3. The zero-order valence-corrected chi connectivity index (χ0v) is 41.7. The third kappa shape index (κ3) is 25.6. The van der Waals surface area contributed by atoms with E-state index in [1.807, 2.05) is 11.8 Å². The van der Waals surface area contributed by atoms with Gasteiger partial charge in [-0.05, 0) is 50.4 Å². The maximum absolute atomic E-state index is 13.4. The van der Waals surface area contributed by atoms with Crippen molar-refractivity contribution in [3.8, 4) is 0 Å². The van der Waals surface area contributed by atoms with Gasteiger partial charge in [-0.25, -0.2) is 0 Å². The van der Waals surface area contributed by atoms with Crippen LogP contribution in [0.1, 0.15) is 302 Å². The van der Waals surface area contributed by atoms with Gasteiger partial charge in [0.15, 0.2) is 0 Å². The molecule has 62 heavy (non-hydrogen) atoms. The highest BCUT2D eigenvalue weighted by molar-refractivity contribution is 8.01. The standard InChI is InChI=1S/C56H102N2O3S/c59-54(46-34-35-47-58-55(60)48-53(56(58)61)62-52-44-30-22-12-8-4-5-9-13-23-31-45-52)57-51-42-29-21-15-20-28-40-50(41-32-33-43-51)39-27-19-14-18-26-38-49-36-24-16-10-6-2-1-3-7-11-17-25-37-49/h49-53H,1-48H2,(H,57,59). The van der Waals surface area contributed by atoms with Crippen molar-refractivity contribution in [2.75, 3.05) is 6.54 Å². The fourth-order valence-corrected chi connectivity index (χ4v) is 13.3. The van der Waals surface area contributed by atoms with E-state index in [0.29, 0.717) is 30.7 Å². The van der Waals surface area contributed by atoms with E-state index in [9.17, 15) is 14.4 Å². The normalized spacial score (nSPS) is 25.9. The molecule has 0 aromatic carbocycles. The molecule has 0 radical (unpaired) electrons. The number of unbranched alkanes of at least 4 members (excludes halogenated alkanes) is 5. The number of carbonyl (C=O) groups is 3. The van der Waals surface area contributed by atoms with Gasteiger partial charge in [0.1, 0.15) is 0 Å². The van der Waals surface area contributed by atoms with E-state index in [-0.39, 0.29) is 23.0 Å². The summed E-state index contributed by atoms with van der Waals surface area (Å²) in [6, 6.07) is 0.293. The van der Waals surface area contributed by atoms with Crippen molar-refractivity contribution >= 4 is 29.5 Å². The number of hydrogen-bond donors (Lipinski definition) is 1. The van der Waals surface area contributed by atoms with E-state index in [1.165, 1.54) is 268 Å². The van der Waals surface area contributed by atoms with E-state index in [2.05, 4.69) is 5.32 Å². The van der Waals surface area contributed by atoms with Crippen LogP contribution in [0.2, 0.25) is 0 Å². The number of amides is 3. The van der Waals surface area contributed by atoms with Crippen molar-refractivity contribution in [3.05, 3.63) is 0 Å². The van der Waals surface area contributed by atoms with Crippen LogP contribution in [0.3, 0.4) is 0 Å². The number of carbonyl (C=O) groups excluding carboxylic acids is 3. The number of rotatable bonds is 16. The van der Waals surface area contributed by atoms with E-state index < -0.39 is 0 Å². The summed E-state index contributed by atoms with van der Waals surface area (Å²) >= 11 is 1.81. The van der Waals surface area contributed by atoms with Gasteiger partial charge in [0.2, 0.25) is 17.7 Å². The summed E-state index contributed by atoms with van der Waals surface area (Å²) in [6.07, 6.45) is 61.5. The van der Waals surface area contributed by atoms with Crippen LogP contribution in [0.15, 0.2) is 0 Å². The summed E-state index contributed by atoms with van der Waals surface area (Å²) in [5.41, 5.74) is 0. The van der Waals surface area contributed by atoms with Gasteiger partial charge in [0, 0.05) is 30.7 Å². The molecule has 1 aliphatic heterocycles. The first kappa shape index (κ1) is 53.6. The van der Waals surface area contributed by atoms with Crippen molar-refractivity contribution in [2.24, 2.45) is 11.8 Å². The summed E-state index contributed by atoms with van der Waals surface area (Å²) in [5.74, 6) is 2.09. The van der Waals surface area contributed by atoms with E-state index in [0.717, 1.165) is 37.5 Å². The highest BCUT2D eigenvalue weighted by atomic mass is 32.2. The summed E-state index contributed by atoms with van der Waals surface area (Å²) in [6.45, 7) is 0.470. The molecule has 0 aromatic rings. The average Bonchev–Trinajstić information content (AvgIpc) is 3.55. The molecule has 4 rings (SSSR count). The smallest absolute Gasteiger partial charge is 0.242 e. The molecular formula is C56H102N2O3S. The van der Waals surface area contributed by atoms with Crippen molar-refractivity contribution in [1.29, 1.82) is 0 Å². The SMILES string of the molecule is O=C(CCCCN1C(=O)CC(SC2CCCCCCCCCCCC2)C1=O)NC1CCCCCCCC(CCCCCCCC2CCCCCCCCCCCCC2)CCCC1. The Bertz CT molecular complexity index is 1100. The maximum atomic E-state index is 13.4. The van der Waals surface area contributed by atoms with Crippen molar-refractivity contribution in [2.45, 2.75) is 318 Å². The Morgan fingerprint density at radius 3 is 1.29 bits per heavy atom. The van der Waals surface area contributed by atoms with E-state index in [1.54, 1.807) is 0 Å². The molecule has 0 spiro atoms. The second kappa shape index (κ2) is 36.1. The van der Waals surface area contributed by atoms with Crippen molar-refractivity contribution in [3.63, 3.8) is 0 Å². The Hall–Kier alpha value is -1.04. The molecular weight excluding hydrogens is 781 g/mol. The summed E-state index contributed by atoms with van der Waals surface area (Å²) in [7, 11) is 0. The van der Waals surface area contributed by atoms with Gasteiger partial charge in [0.25, 0.3) is 0 Å². The van der Waals surface area contributed by atoms with Crippen molar-refractivity contribution < 1.29 is 14.4 Å². The minimum absolute atomic E-state index is 0.0000952. The maximum Gasteiger partial charge on any atom is 0.242 e. The molecule has 3 saturated carbocycles. The highest BCUT2D eigenvalue weighted by Crippen LogP contribution is 2.34. The lowest BCUT2D eigenvalue weighted by atomic mass is 9.88. The predicted octanol–water partition coefficient (Wildman–Crippen LogP) is 16.9. The number of nitrogens with one attached hydrogen (secondary N) is 1. The highest BCUT2D eigenvalue weighted by Gasteiger charge is 2.39. The molecule has 5 nitrogen and oxygen atoms in total. The molecule has 6 heteroatoms. The largest absolute Gasteiger partial charge is 0.353 e. The van der Waals surface area contributed by atoms with Crippen LogP contribution in [0.5, 0.6) is 0 Å². The molecule has 3 unspecified atom stereocenters. The van der Waals surface area contributed by atoms with Gasteiger partial charge in [0.05, 0.1) is 5.25 Å². The lowest BCUT2D eigenvalue weighted by Gasteiger charge is -2.21. The van der Waals surface area contributed by atoms with Crippen LogP contribution in [0, 0.1) is 11.8 Å². The molecule has 0 aromatic heterocycles. The molecule has 360 valence electrons. The molecule has 0 bridgehead atoms. The summed E-state index contributed by atoms with van der Waals surface area (Å²) < 4.78 is 0. The number of imide groups is 1. The molecule has 1 N–H and O–H groups in total. The number of nitrogens with zero attached hydrogens (tertiary/aromatic N) is 1. The molecule has 3 amide bonds. The third-order valence-electron chi connectivity index (χ3n) is 15.8. The average molecular weight is 884 g/mol. The number of hydrogen-bond acceptors (Lipinski definition) is 4. The zero-order chi connectivity index (χ0) is 43.6. The van der Waals surface area contributed by atoms with Gasteiger partial charge >= 0.3 is 0 Å². The summed E-state index contributed by atoms with van der Waals surface area (Å²) in [5, 5.41) is 3.73. The van der Waals surface area contributed by atoms with Gasteiger partial charge in [-0.1, -0.05) is 250 Å². The topological polar surface area (TPSA) is 66.5 Å². The van der Waals surface area contributed by atoms with Crippen LogP contribution >= 0.6 is 11.8 Å². The Morgan fingerprint density at radius 1 is 0.452 bits per heavy atom. The molecule has 4 fully saturated rings. The monoisotopic (exact) mass is 883 g/mol. The van der Waals surface area contributed by atoms with Gasteiger partial charge in [-0.2, -0.15) is 0 Å². The second-order valence-corrected chi connectivity index (χ2v) is 22.8. The minimum atomic E-state index is -0.203. The second-order valence-electron chi connectivity index (χ2n) is 21.3. The lowest BCUT2D eigenvalue weighted by molar-refractivity contribution is -0.138. The molecule has 1 saturated heterocycles. The third-order valence-corrected chi connectivity index (χ3v) is 17.3. The van der Waals surface area contributed by atoms with Gasteiger partial charge in [-0.3, -0.25) is 19.3 Å². The molecule has 4 aliphatic rings. The lowest BCUT2D eigenvalue weighted by Crippen LogP contribution is -2.35. The molecule has 3 atom stereocenters. The first-order chi connectivity index (χ1) is 30.6. The van der Waals surface area contributed by atoms with E-state index in [4.69, 9.17) is 0 Å². The molecule has 3 aliphatic carbocycles. The Morgan fingerprint density at radius 2 is 0.823 bits per heavy atom. The fraction of sp³-hybridized carbons (Fsp3) is 0.946. The van der Waals surface area contributed by atoms with Crippen LogP contribution in [0.25, 0.3) is 0 Å². The Kier molecular flexibility index (Phi) is 31.2. The van der Waals surface area contributed by atoms with Crippen LogP contribution in [-0.2, 0) is 14.4 Å². The number of likely N-dealkylation sites (tertiary alicyclic amines) is 1. The Balaban J connectivity index is 1.06. The first-order valence-electron chi connectivity index (χ1n) is 28.4. The van der Waals surface area contributed by atoms with Crippen LogP contribution < -0.4 is 5.32 Å². The van der Waals surface area contributed by atoms with Crippen LogP contribution in [-0.4, -0.2) is 45.7 Å². The predicted molar refractivity (Wildman–Crippen MR) is 268 cm³/mol. The zero-order valence-electron chi connectivity index (χ0n) is 40.9. The quantitative estimate of drug-likeness (QED) is 0.124. The molecule has 1 heterocycles. The number of thioether (sulfide) groups is 1. The minimum Gasteiger partial charge on any atom is -0.353 e. The van der Waals surface area contributed by atoms with Crippen LogP contribution in [0.4, 0.5) is 0 Å². The fourth-order valence-electron chi connectivity index (χ4n) is 11.7. The van der Waals surface area contributed by atoms with E-state index >= 15 is 0 Å². The Labute approximate surface area is 389 Å². The van der Waals surface area contributed by atoms with Gasteiger partial charge in [-0.15, -0.1) is 11.8 Å². The summed E-state index contributed by atoms with van der Waals surface area (Å²) in [4.78, 5) is 41.1. The van der Waals surface area contributed by atoms with Crippen molar-refractivity contribution in [1.82, 2.24) is 10.2 Å². The van der Waals surface area contributed by atoms with Gasteiger partial charge < -0.3 is 5.32 Å².